The van der Waals surface area contributed by atoms with Gasteiger partial charge in [0.2, 0.25) is 0 Å². The zero-order valence-electron chi connectivity index (χ0n) is 41.4. The van der Waals surface area contributed by atoms with Crippen LogP contribution in [0.2, 0.25) is 0 Å². The number of rotatable bonds is 7. The fourth-order valence-electron chi connectivity index (χ4n) is 12.7. The molecule has 1 atom stereocenters. The molecular formula is C71H44N4S. The van der Waals surface area contributed by atoms with Crippen LogP contribution in [0.4, 0.5) is 0 Å². The average Bonchev–Trinajstić information content (AvgIpc) is 4.34. The molecule has 4 nitrogen and oxygen atoms in total. The summed E-state index contributed by atoms with van der Waals surface area (Å²) in [5, 5.41) is 4.88. The van der Waals surface area contributed by atoms with E-state index in [1.807, 2.05) is 29.5 Å². The van der Waals surface area contributed by atoms with Crippen LogP contribution in [-0.2, 0) is 5.41 Å². The van der Waals surface area contributed by atoms with Crippen molar-refractivity contribution in [2.45, 2.75) is 12.3 Å². The van der Waals surface area contributed by atoms with Gasteiger partial charge in [0.1, 0.15) is 0 Å². The van der Waals surface area contributed by atoms with Gasteiger partial charge in [0.25, 0.3) is 0 Å². The van der Waals surface area contributed by atoms with Crippen LogP contribution in [0.5, 0.6) is 0 Å². The number of hydrogen-bond donors (Lipinski definition) is 0. The zero-order valence-corrected chi connectivity index (χ0v) is 42.2. The molecule has 0 bridgehead atoms. The van der Waals surface area contributed by atoms with Crippen molar-refractivity contribution in [1.29, 1.82) is 0 Å². The van der Waals surface area contributed by atoms with E-state index in [9.17, 15) is 0 Å². The first-order chi connectivity index (χ1) is 37.5. The molecule has 76 heavy (non-hydrogen) atoms. The second-order valence-corrected chi connectivity index (χ2v) is 21.5. The molecule has 354 valence electrons. The van der Waals surface area contributed by atoms with Gasteiger partial charge in [-0.1, -0.05) is 188 Å². The Balaban J connectivity index is 0.835. The van der Waals surface area contributed by atoms with Crippen molar-refractivity contribution in [2.24, 2.45) is 0 Å². The lowest BCUT2D eigenvalue weighted by molar-refractivity contribution is 0.699. The highest BCUT2D eigenvalue weighted by Gasteiger charge is 2.47. The zero-order chi connectivity index (χ0) is 50.1. The van der Waals surface area contributed by atoms with Gasteiger partial charge in [0.05, 0.1) is 16.7 Å². The van der Waals surface area contributed by atoms with Gasteiger partial charge in [-0.25, -0.2) is 15.0 Å². The van der Waals surface area contributed by atoms with Gasteiger partial charge in [-0.3, -0.25) is 0 Å². The predicted octanol–water partition coefficient (Wildman–Crippen LogP) is 18.7. The molecular weight excluding hydrogens is 941 g/mol. The fraction of sp³-hybridized carbons (Fsp3) is 0.0282. The van der Waals surface area contributed by atoms with Crippen LogP contribution in [0.3, 0.4) is 0 Å². The SMILES string of the molecule is CC12c3ccccc3-c3cccc(c31)-n1c3ccc(-c4ccc5sc6cccc(-c7nc(-c8ccccc8)nc(-c8cccc(-c9cc(-c%10ccccc%10)cc(-c%10ccccc%10)c9)c8)n7)c6c5c4)cc3c3cccc2c31. The molecule has 0 fully saturated rings. The summed E-state index contributed by atoms with van der Waals surface area (Å²) in [5.41, 5.74) is 22.5. The second kappa shape index (κ2) is 16.5. The van der Waals surface area contributed by atoms with E-state index < -0.39 is 0 Å². The lowest BCUT2D eigenvalue weighted by Crippen LogP contribution is -2.28. The number of benzene rings is 11. The second-order valence-electron chi connectivity index (χ2n) is 20.4. The number of fused-ring (bicyclic) bond motifs is 11. The van der Waals surface area contributed by atoms with Gasteiger partial charge in [-0.05, 0) is 140 Å². The first-order valence-electron chi connectivity index (χ1n) is 26.0. The summed E-state index contributed by atoms with van der Waals surface area (Å²) >= 11 is 1.81. The van der Waals surface area contributed by atoms with E-state index in [-0.39, 0.29) is 5.41 Å². The van der Waals surface area contributed by atoms with Gasteiger partial charge < -0.3 is 4.57 Å². The minimum Gasteiger partial charge on any atom is -0.309 e. The molecule has 4 heterocycles. The van der Waals surface area contributed by atoms with E-state index in [4.69, 9.17) is 15.0 Å². The lowest BCUT2D eigenvalue weighted by atomic mass is 9.71. The molecule has 1 unspecified atom stereocenters. The predicted molar refractivity (Wildman–Crippen MR) is 316 cm³/mol. The largest absolute Gasteiger partial charge is 0.309 e. The molecule has 16 rings (SSSR count). The van der Waals surface area contributed by atoms with Gasteiger partial charge >= 0.3 is 0 Å². The Morgan fingerprint density at radius 2 is 0.868 bits per heavy atom. The molecule has 1 aliphatic carbocycles. The lowest BCUT2D eigenvalue weighted by Gasteiger charge is -2.35. The quantitative estimate of drug-likeness (QED) is 0.160. The molecule has 1 aliphatic heterocycles. The average molecular weight is 985 g/mol. The van der Waals surface area contributed by atoms with Gasteiger partial charge in [-0.2, -0.15) is 0 Å². The molecule has 0 amide bonds. The number of aromatic nitrogens is 4. The summed E-state index contributed by atoms with van der Waals surface area (Å²) in [7, 11) is 0. The fourth-order valence-corrected chi connectivity index (χ4v) is 13.8. The van der Waals surface area contributed by atoms with Crippen molar-refractivity contribution in [2.75, 3.05) is 0 Å². The molecule has 3 aromatic heterocycles. The van der Waals surface area contributed by atoms with Crippen LogP contribution >= 0.6 is 11.3 Å². The minimum absolute atomic E-state index is 0.244. The number of para-hydroxylation sites is 1. The summed E-state index contributed by atoms with van der Waals surface area (Å²) in [6.07, 6.45) is 0. The van der Waals surface area contributed by atoms with E-state index >= 15 is 0 Å². The number of nitrogens with zero attached hydrogens (tertiary/aromatic N) is 4. The Labute approximate surface area is 443 Å². The summed E-state index contributed by atoms with van der Waals surface area (Å²) in [6.45, 7) is 2.43. The van der Waals surface area contributed by atoms with Crippen LogP contribution in [0.15, 0.2) is 249 Å². The van der Waals surface area contributed by atoms with Crippen LogP contribution in [0.25, 0.3) is 137 Å². The number of thiophene rings is 1. The normalized spacial score (nSPS) is 14.2. The molecule has 0 saturated carbocycles. The van der Waals surface area contributed by atoms with Gasteiger partial charge in [0, 0.05) is 53.1 Å². The summed E-state index contributed by atoms with van der Waals surface area (Å²) in [5.74, 6) is 1.90. The minimum atomic E-state index is -0.244. The Bertz CT molecular complexity index is 4650. The maximum atomic E-state index is 5.40. The maximum absolute atomic E-state index is 5.40. The third kappa shape index (κ3) is 6.39. The highest BCUT2D eigenvalue weighted by atomic mass is 32.1. The molecule has 14 aromatic rings. The van der Waals surface area contributed by atoms with E-state index in [1.54, 1.807) is 0 Å². The first kappa shape index (κ1) is 42.9. The molecule has 11 aromatic carbocycles. The maximum Gasteiger partial charge on any atom is 0.164 e. The van der Waals surface area contributed by atoms with E-state index in [0.717, 1.165) is 44.3 Å². The monoisotopic (exact) mass is 984 g/mol. The Morgan fingerprint density at radius 3 is 1.63 bits per heavy atom. The van der Waals surface area contributed by atoms with Crippen molar-refractivity contribution in [3.05, 3.63) is 265 Å². The van der Waals surface area contributed by atoms with Crippen molar-refractivity contribution < 1.29 is 0 Å². The molecule has 5 heteroatoms. The topological polar surface area (TPSA) is 43.6 Å². The Hall–Kier alpha value is -9.55. The van der Waals surface area contributed by atoms with Gasteiger partial charge in [0.15, 0.2) is 17.5 Å². The Kier molecular flexibility index (Phi) is 9.30. The molecule has 0 N–H and O–H groups in total. The Morgan fingerprint density at radius 1 is 0.342 bits per heavy atom. The molecule has 0 spiro atoms. The summed E-state index contributed by atoms with van der Waals surface area (Å²) in [6, 6.07) is 90.4. The van der Waals surface area contributed by atoms with Crippen LogP contribution in [0, 0.1) is 0 Å². The number of hydrogen-bond acceptors (Lipinski definition) is 4. The van der Waals surface area contributed by atoms with Crippen molar-refractivity contribution >= 4 is 53.3 Å². The highest BCUT2D eigenvalue weighted by molar-refractivity contribution is 7.26. The third-order valence-corrected chi connectivity index (χ3v) is 17.3. The van der Waals surface area contributed by atoms with Crippen LogP contribution in [-0.4, -0.2) is 19.5 Å². The smallest absolute Gasteiger partial charge is 0.164 e. The summed E-state index contributed by atoms with van der Waals surface area (Å²) < 4.78 is 4.95. The van der Waals surface area contributed by atoms with E-state index in [2.05, 4.69) is 242 Å². The van der Waals surface area contributed by atoms with Crippen molar-refractivity contribution in [3.8, 4) is 95.5 Å². The van der Waals surface area contributed by atoms with E-state index in [1.165, 1.54) is 92.4 Å². The molecule has 0 radical (unpaired) electrons. The van der Waals surface area contributed by atoms with Crippen LogP contribution in [0.1, 0.15) is 23.6 Å². The highest BCUT2D eigenvalue weighted by Crippen LogP contribution is 2.59. The van der Waals surface area contributed by atoms with Crippen LogP contribution < -0.4 is 0 Å². The standard InChI is InChI=1S/C71H44N4S/c1-71-59-29-12-11-25-53(59)54-26-15-31-62(66(54)71)75-61-35-33-47(41-57(61)55-27-14-30-60(71)67(55)75)48-34-36-63-58(42-48)65-56(28-16-32-64(65)76-63)70-73-68(45-21-9-4-10-22-45)72-69(74-70)49-24-13-23-46(37-49)52-39-50(43-17-5-2-6-18-43)38-51(40-52)44-19-7-3-8-20-44/h2-42H,1H3. The molecule has 2 aliphatic rings. The molecule has 0 saturated heterocycles. The van der Waals surface area contributed by atoms with Crippen molar-refractivity contribution in [1.82, 2.24) is 19.5 Å². The first-order valence-corrected chi connectivity index (χ1v) is 26.8. The third-order valence-electron chi connectivity index (χ3n) is 16.2. The van der Waals surface area contributed by atoms with Gasteiger partial charge in [-0.15, -0.1) is 11.3 Å². The van der Waals surface area contributed by atoms with Crippen molar-refractivity contribution in [3.63, 3.8) is 0 Å². The van der Waals surface area contributed by atoms with E-state index in [0.29, 0.717) is 17.5 Å². The summed E-state index contributed by atoms with van der Waals surface area (Å²) in [4.78, 5) is 15.9.